The smallest absolute Gasteiger partial charge is 0.266 e. The number of fused-ring (bicyclic) bond motifs is 1. The van der Waals surface area contributed by atoms with E-state index in [4.69, 9.17) is 0 Å². The highest BCUT2D eigenvalue weighted by atomic mass is 32.2. The van der Waals surface area contributed by atoms with Crippen LogP contribution in [0.2, 0.25) is 0 Å². The second-order valence-electron chi connectivity index (χ2n) is 10.1. The van der Waals surface area contributed by atoms with Gasteiger partial charge < -0.3 is 5.32 Å². The third-order valence-electron chi connectivity index (χ3n) is 7.25. The van der Waals surface area contributed by atoms with Crippen LogP contribution >= 0.6 is 0 Å². The first-order valence-corrected chi connectivity index (χ1v) is 14.7. The van der Waals surface area contributed by atoms with E-state index in [-0.39, 0.29) is 21.9 Å². The monoisotopic (exact) mass is 584 g/mol. The van der Waals surface area contributed by atoms with Crippen molar-refractivity contribution in [2.75, 3.05) is 31.5 Å². The van der Waals surface area contributed by atoms with Crippen LogP contribution in [0.1, 0.15) is 47.6 Å². The number of nitrogens with one attached hydrogen (secondary N) is 1. The highest BCUT2D eigenvalue weighted by Gasteiger charge is 2.31. The molecule has 2 aromatic carbocycles. The zero-order valence-corrected chi connectivity index (χ0v) is 23.8. The van der Waals surface area contributed by atoms with Crippen molar-refractivity contribution < 1.29 is 21.6 Å². The van der Waals surface area contributed by atoms with Crippen molar-refractivity contribution >= 4 is 26.9 Å². The molecule has 3 heterocycles. The largest absolute Gasteiger partial charge is 0.363 e. The van der Waals surface area contributed by atoms with Crippen molar-refractivity contribution in [3.63, 3.8) is 0 Å². The average molecular weight is 585 g/mol. The Kier molecular flexibility index (Phi) is 8.25. The molecule has 0 amide bonds. The summed E-state index contributed by atoms with van der Waals surface area (Å²) in [6.07, 6.45) is -2.95. The number of aryl methyl sites for hydroxylation is 2. The zero-order valence-electron chi connectivity index (χ0n) is 23.0. The molecule has 1 aliphatic rings. The van der Waals surface area contributed by atoms with Gasteiger partial charge in [0.2, 0.25) is 10.0 Å². The van der Waals surface area contributed by atoms with Gasteiger partial charge in [-0.15, -0.1) is 0 Å². The molecule has 0 saturated carbocycles. The van der Waals surface area contributed by atoms with Crippen LogP contribution in [0.25, 0.3) is 11.0 Å². The predicted octanol–water partition coefficient (Wildman–Crippen LogP) is 5.40. The molecular weight excluding hydrogens is 553 g/mol. The Bertz CT molecular complexity index is 1660. The van der Waals surface area contributed by atoms with Gasteiger partial charge >= 0.3 is 0 Å². The summed E-state index contributed by atoms with van der Waals surface area (Å²) >= 11 is 0. The molecule has 41 heavy (non-hydrogen) atoms. The Morgan fingerprint density at radius 2 is 1.61 bits per heavy atom. The maximum absolute atomic E-state index is 14.8. The normalized spacial score (nSPS) is 15.9. The fourth-order valence-electron chi connectivity index (χ4n) is 5.07. The third-order valence-corrected chi connectivity index (χ3v) is 9.27. The summed E-state index contributed by atoms with van der Waals surface area (Å²) in [6.45, 7) is 7.48. The Morgan fingerprint density at radius 3 is 2.29 bits per heavy atom. The van der Waals surface area contributed by atoms with Crippen LogP contribution < -0.4 is 5.32 Å². The molecule has 5 rings (SSSR count). The molecule has 8 nitrogen and oxygen atoms in total. The molecule has 1 atom stereocenters. The number of hydrogen-bond acceptors (Lipinski definition) is 7. The molecule has 1 aliphatic heterocycles. The van der Waals surface area contributed by atoms with Crippen LogP contribution in [0.5, 0.6) is 0 Å². The first-order valence-electron chi connectivity index (χ1n) is 13.3. The Labute approximate surface area is 237 Å². The number of hydrogen-bond donors (Lipinski definition) is 1. The maximum Gasteiger partial charge on any atom is 0.266 e. The van der Waals surface area contributed by atoms with E-state index in [2.05, 4.69) is 25.2 Å². The number of anilines is 1. The molecule has 4 aromatic rings. The number of aromatic nitrogens is 3. The van der Waals surface area contributed by atoms with E-state index in [0.29, 0.717) is 43.1 Å². The van der Waals surface area contributed by atoms with Gasteiger partial charge in [0.15, 0.2) is 5.65 Å². The van der Waals surface area contributed by atoms with Crippen LogP contribution in [0.3, 0.4) is 0 Å². The minimum Gasteiger partial charge on any atom is -0.363 e. The van der Waals surface area contributed by atoms with Gasteiger partial charge in [-0.25, -0.2) is 36.5 Å². The Morgan fingerprint density at radius 1 is 0.927 bits per heavy atom. The zero-order chi connectivity index (χ0) is 29.3. The molecule has 12 heteroatoms. The second-order valence-corrected chi connectivity index (χ2v) is 12.1. The van der Waals surface area contributed by atoms with E-state index in [1.807, 2.05) is 30.3 Å². The molecule has 216 valence electrons. The van der Waals surface area contributed by atoms with E-state index in [0.717, 1.165) is 12.6 Å². The lowest BCUT2D eigenvalue weighted by molar-refractivity contribution is 0.146. The summed E-state index contributed by atoms with van der Waals surface area (Å²) in [5.41, 5.74) is 1.10. The van der Waals surface area contributed by atoms with Crippen molar-refractivity contribution in [3.8, 4) is 0 Å². The average Bonchev–Trinajstić information content (AvgIpc) is 2.93. The van der Waals surface area contributed by atoms with Crippen molar-refractivity contribution in [3.05, 3.63) is 88.6 Å². The second kappa shape index (κ2) is 11.7. The number of nitrogens with zero attached hydrogens (tertiary/aromatic N) is 5. The maximum atomic E-state index is 14.8. The van der Waals surface area contributed by atoms with E-state index in [9.17, 15) is 21.6 Å². The number of alkyl halides is 2. The minimum atomic E-state index is -3.89. The molecule has 0 radical (unpaired) electrons. The van der Waals surface area contributed by atoms with Gasteiger partial charge in [0.1, 0.15) is 22.4 Å². The number of piperazine rings is 1. The van der Waals surface area contributed by atoms with Crippen LogP contribution in [0.4, 0.5) is 19.0 Å². The number of benzene rings is 2. The molecule has 0 bridgehead atoms. The third kappa shape index (κ3) is 6.04. The summed E-state index contributed by atoms with van der Waals surface area (Å²) in [5.74, 6) is -0.397. The first kappa shape index (κ1) is 28.9. The lowest BCUT2D eigenvalue weighted by Crippen LogP contribution is -2.48. The lowest BCUT2D eigenvalue weighted by Gasteiger charge is -2.34. The van der Waals surface area contributed by atoms with Crippen molar-refractivity contribution in [1.82, 2.24) is 24.2 Å². The first-order chi connectivity index (χ1) is 19.5. The summed E-state index contributed by atoms with van der Waals surface area (Å²) in [4.78, 5) is 15.5. The van der Waals surface area contributed by atoms with E-state index in [1.165, 1.54) is 28.1 Å². The van der Waals surface area contributed by atoms with Gasteiger partial charge in [-0.05, 0) is 32.4 Å². The fourth-order valence-corrected chi connectivity index (χ4v) is 6.68. The van der Waals surface area contributed by atoms with Crippen molar-refractivity contribution in [2.45, 2.75) is 44.7 Å². The van der Waals surface area contributed by atoms with Gasteiger partial charge in [0, 0.05) is 38.3 Å². The van der Waals surface area contributed by atoms with Gasteiger partial charge in [0.05, 0.1) is 22.7 Å². The fraction of sp³-hybridized carbons (Fsp3) is 0.345. The van der Waals surface area contributed by atoms with Gasteiger partial charge in [-0.1, -0.05) is 48.5 Å². The van der Waals surface area contributed by atoms with Gasteiger partial charge in [-0.2, -0.15) is 4.31 Å². The number of pyridine rings is 1. The quantitative estimate of drug-likeness (QED) is 0.297. The van der Waals surface area contributed by atoms with E-state index < -0.39 is 33.9 Å². The van der Waals surface area contributed by atoms with Crippen LogP contribution in [0.15, 0.2) is 59.5 Å². The molecule has 1 N–H and O–H groups in total. The molecule has 0 unspecified atom stereocenters. The van der Waals surface area contributed by atoms with Gasteiger partial charge in [-0.3, -0.25) is 4.90 Å². The molecule has 0 aliphatic carbocycles. The van der Waals surface area contributed by atoms with Crippen LogP contribution in [0, 0.1) is 19.7 Å². The van der Waals surface area contributed by atoms with Crippen molar-refractivity contribution in [1.29, 1.82) is 0 Å². The van der Waals surface area contributed by atoms with Gasteiger partial charge in [0.25, 0.3) is 6.43 Å². The van der Waals surface area contributed by atoms with E-state index in [1.54, 1.807) is 20.8 Å². The molecule has 1 saturated heterocycles. The summed E-state index contributed by atoms with van der Waals surface area (Å²) in [5, 5.41) is 3.40. The van der Waals surface area contributed by atoms with E-state index >= 15 is 0 Å². The Balaban J connectivity index is 1.42. The summed E-state index contributed by atoms with van der Waals surface area (Å²) in [7, 11) is -3.89. The highest BCUT2D eigenvalue weighted by Crippen LogP contribution is 2.32. The predicted molar refractivity (Wildman–Crippen MR) is 151 cm³/mol. The molecule has 2 aromatic heterocycles. The van der Waals surface area contributed by atoms with Crippen LogP contribution in [-0.4, -0.2) is 58.8 Å². The summed E-state index contributed by atoms with van der Waals surface area (Å²) in [6, 6.07) is 14.6. The SMILES string of the molecule is Cc1nc(N[C@H](C)c2cccc(C(F)F)c2F)c2cc(S(=O)(=O)N3CCN(Cc4ccccc4)CC3)c(C)nc2n1. The number of sulfonamides is 1. The lowest BCUT2D eigenvalue weighted by atomic mass is 10.0. The molecule has 0 spiro atoms. The standard InChI is InChI=1S/C29H31F3N6O2S/c1-18(22-10-7-11-23(26(22)30)27(31)32)33-28-24-16-25(19(2)34-29(24)36-20(3)35-28)41(39,40)38-14-12-37(13-15-38)17-21-8-5-4-6-9-21/h4-11,16,18,27H,12-15,17H2,1-3H3,(H,33,34,35,36)/t18-/m1/s1. The molecular formula is C29H31F3N6O2S. The Hall–Kier alpha value is -3.61. The topological polar surface area (TPSA) is 91.3 Å². The molecule has 1 fully saturated rings. The summed E-state index contributed by atoms with van der Waals surface area (Å²) < 4.78 is 70.4. The minimum absolute atomic E-state index is 0.0357. The van der Waals surface area contributed by atoms with Crippen molar-refractivity contribution in [2.24, 2.45) is 0 Å². The van der Waals surface area contributed by atoms with Crippen LogP contribution in [-0.2, 0) is 16.6 Å². The number of halogens is 3. The highest BCUT2D eigenvalue weighted by molar-refractivity contribution is 7.89. The number of rotatable bonds is 8.